The highest BCUT2D eigenvalue weighted by atomic mass is 16.4. The van der Waals surface area contributed by atoms with Gasteiger partial charge < -0.3 is 10.4 Å². The van der Waals surface area contributed by atoms with Gasteiger partial charge in [0.05, 0.1) is 0 Å². The van der Waals surface area contributed by atoms with Gasteiger partial charge in [-0.3, -0.25) is 9.59 Å². The van der Waals surface area contributed by atoms with Gasteiger partial charge in [0.15, 0.2) is 0 Å². The van der Waals surface area contributed by atoms with Crippen molar-refractivity contribution in [2.45, 2.75) is 31.7 Å². The zero-order chi connectivity index (χ0) is 12.4. The highest BCUT2D eigenvalue weighted by Crippen LogP contribution is 2.40. The molecule has 1 aromatic carbocycles. The Labute approximate surface area is 99.6 Å². The maximum absolute atomic E-state index is 11.8. The number of hydrogen-bond donors (Lipinski definition) is 2. The molecule has 0 radical (unpaired) electrons. The molecule has 1 fully saturated rings. The summed E-state index contributed by atoms with van der Waals surface area (Å²) in [5, 5.41) is 11.2. The number of carboxylic acids is 1. The maximum atomic E-state index is 11.8. The fourth-order valence-electron chi connectivity index (χ4n) is 1.69. The first-order valence-corrected chi connectivity index (χ1v) is 5.71. The van der Waals surface area contributed by atoms with Gasteiger partial charge in [-0.1, -0.05) is 12.1 Å². The summed E-state index contributed by atoms with van der Waals surface area (Å²) in [7, 11) is 0. The average molecular weight is 233 g/mol. The fraction of sp³-hybridized carbons (Fsp3) is 0.385. The van der Waals surface area contributed by atoms with E-state index in [1.807, 2.05) is 18.2 Å². The standard InChI is InChI=1S/C13H15NO3/c1-8(13(16)17)14-12(15)11-4-2-3-10(7-11)9-5-6-9/h2-4,7-9H,5-6H2,1H3,(H,14,15)(H,16,17)/t8-/m0/s1. The van der Waals surface area contributed by atoms with Crippen LogP contribution in [0.2, 0.25) is 0 Å². The lowest BCUT2D eigenvalue weighted by Gasteiger charge is -2.09. The third-order valence-corrected chi connectivity index (χ3v) is 2.92. The first kappa shape index (κ1) is 11.6. The Balaban J connectivity index is 2.08. The van der Waals surface area contributed by atoms with Gasteiger partial charge >= 0.3 is 5.97 Å². The van der Waals surface area contributed by atoms with Crippen LogP contribution in [0.1, 0.15) is 41.6 Å². The van der Waals surface area contributed by atoms with Crippen LogP contribution in [0, 0.1) is 0 Å². The summed E-state index contributed by atoms with van der Waals surface area (Å²) in [4.78, 5) is 22.4. The SMILES string of the molecule is C[C@H](NC(=O)c1cccc(C2CC2)c1)C(=O)O. The third kappa shape index (κ3) is 2.84. The van der Waals surface area contributed by atoms with Crippen molar-refractivity contribution in [1.29, 1.82) is 0 Å². The normalized spacial score (nSPS) is 16.3. The fourth-order valence-corrected chi connectivity index (χ4v) is 1.69. The molecular formula is C13H15NO3. The molecule has 2 rings (SSSR count). The van der Waals surface area contributed by atoms with Crippen LogP contribution < -0.4 is 5.32 Å². The lowest BCUT2D eigenvalue weighted by Crippen LogP contribution is -2.38. The summed E-state index contributed by atoms with van der Waals surface area (Å²) in [6.07, 6.45) is 2.35. The van der Waals surface area contributed by atoms with Crippen LogP contribution in [-0.4, -0.2) is 23.0 Å². The van der Waals surface area contributed by atoms with Gasteiger partial charge in [0.25, 0.3) is 5.91 Å². The zero-order valence-corrected chi connectivity index (χ0v) is 9.64. The van der Waals surface area contributed by atoms with Crippen LogP contribution in [0.25, 0.3) is 0 Å². The molecule has 1 aliphatic carbocycles. The van der Waals surface area contributed by atoms with Crippen LogP contribution in [0.3, 0.4) is 0 Å². The first-order chi connectivity index (χ1) is 8.08. The smallest absolute Gasteiger partial charge is 0.325 e. The molecule has 1 aromatic rings. The molecule has 90 valence electrons. The summed E-state index contributed by atoms with van der Waals surface area (Å²) in [5.41, 5.74) is 1.70. The molecule has 0 heterocycles. The Morgan fingerprint density at radius 1 is 1.41 bits per heavy atom. The van der Waals surface area contributed by atoms with Crippen molar-refractivity contribution in [3.05, 3.63) is 35.4 Å². The minimum absolute atomic E-state index is 0.331. The van der Waals surface area contributed by atoms with Crippen LogP contribution in [-0.2, 0) is 4.79 Å². The molecule has 0 saturated heterocycles. The van der Waals surface area contributed by atoms with E-state index in [4.69, 9.17) is 5.11 Å². The second-order valence-electron chi connectivity index (χ2n) is 4.43. The summed E-state index contributed by atoms with van der Waals surface area (Å²) < 4.78 is 0. The lowest BCUT2D eigenvalue weighted by molar-refractivity contribution is -0.138. The molecule has 17 heavy (non-hydrogen) atoms. The molecule has 4 heteroatoms. The van der Waals surface area contributed by atoms with E-state index in [1.165, 1.54) is 25.3 Å². The van der Waals surface area contributed by atoms with E-state index < -0.39 is 12.0 Å². The molecule has 1 atom stereocenters. The van der Waals surface area contributed by atoms with E-state index in [-0.39, 0.29) is 5.91 Å². The first-order valence-electron chi connectivity index (χ1n) is 5.71. The van der Waals surface area contributed by atoms with E-state index in [2.05, 4.69) is 5.32 Å². The molecular weight excluding hydrogens is 218 g/mol. The molecule has 1 amide bonds. The van der Waals surface area contributed by atoms with E-state index >= 15 is 0 Å². The minimum atomic E-state index is -1.03. The highest BCUT2D eigenvalue weighted by molar-refractivity contribution is 5.96. The largest absolute Gasteiger partial charge is 0.480 e. The number of nitrogens with one attached hydrogen (secondary N) is 1. The van der Waals surface area contributed by atoms with Gasteiger partial charge in [-0.2, -0.15) is 0 Å². The predicted molar refractivity (Wildman–Crippen MR) is 63.0 cm³/mol. The number of benzene rings is 1. The molecule has 1 saturated carbocycles. The Kier molecular flexibility index (Phi) is 3.13. The average Bonchev–Trinajstić information content (AvgIpc) is 3.12. The number of aliphatic carboxylic acids is 1. The van der Waals surface area contributed by atoms with E-state index in [9.17, 15) is 9.59 Å². The maximum Gasteiger partial charge on any atom is 0.325 e. The Bertz CT molecular complexity index is 452. The van der Waals surface area contributed by atoms with Crippen LogP contribution >= 0.6 is 0 Å². The van der Waals surface area contributed by atoms with Crippen molar-refractivity contribution in [3.8, 4) is 0 Å². The Hall–Kier alpha value is -1.84. The number of rotatable bonds is 4. The van der Waals surface area contributed by atoms with E-state index in [0.29, 0.717) is 11.5 Å². The van der Waals surface area contributed by atoms with Crippen molar-refractivity contribution in [2.75, 3.05) is 0 Å². The summed E-state index contributed by atoms with van der Waals surface area (Å²) in [6, 6.07) is 6.53. The molecule has 0 unspecified atom stereocenters. The summed E-state index contributed by atoms with van der Waals surface area (Å²) in [5.74, 6) is -0.779. The van der Waals surface area contributed by atoms with Gasteiger partial charge in [-0.05, 0) is 43.4 Å². The molecule has 1 aliphatic rings. The summed E-state index contributed by atoms with van der Waals surface area (Å²) in [6.45, 7) is 1.45. The molecule has 0 bridgehead atoms. The second kappa shape index (κ2) is 4.57. The topological polar surface area (TPSA) is 66.4 Å². The van der Waals surface area contributed by atoms with Gasteiger partial charge in [-0.25, -0.2) is 0 Å². The van der Waals surface area contributed by atoms with Crippen LogP contribution in [0.5, 0.6) is 0 Å². The number of amides is 1. The van der Waals surface area contributed by atoms with Crippen LogP contribution in [0.4, 0.5) is 0 Å². The van der Waals surface area contributed by atoms with Crippen molar-refractivity contribution < 1.29 is 14.7 Å². The summed E-state index contributed by atoms with van der Waals surface area (Å²) >= 11 is 0. The van der Waals surface area contributed by atoms with E-state index in [1.54, 1.807) is 6.07 Å². The van der Waals surface area contributed by atoms with Gasteiger partial charge in [0, 0.05) is 5.56 Å². The molecule has 0 spiro atoms. The minimum Gasteiger partial charge on any atom is -0.480 e. The molecule has 0 aliphatic heterocycles. The molecule has 4 nitrogen and oxygen atoms in total. The number of carbonyl (C=O) groups is 2. The quantitative estimate of drug-likeness (QED) is 0.832. The van der Waals surface area contributed by atoms with Crippen molar-refractivity contribution in [3.63, 3.8) is 0 Å². The highest BCUT2D eigenvalue weighted by Gasteiger charge is 2.24. The van der Waals surface area contributed by atoms with Gasteiger partial charge in [0.2, 0.25) is 0 Å². The third-order valence-electron chi connectivity index (χ3n) is 2.92. The number of carbonyl (C=O) groups excluding carboxylic acids is 1. The van der Waals surface area contributed by atoms with Crippen molar-refractivity contribution >= 4 is 11.9 Å². The molecule has 2 N–H and O–H groups in total. The van der Waals surface area contributed by atoms with Gasteiger partial charge in [-0.15, -0.1) is 0 Å². The number of hydrogen-bond acceptors (Lipinski definition) is 2. The van der Waals surface area contributed by atoms with Gasteiger partial charge in [0.1, 0.15) is 6.04 Å². The second-order valence-corrected chi connectivity index (χ2v) is 4.43. The van der Waals surface area contributed by atoms with Crippen molar-refractivity contribution in [1.82, 2.24) is 5.32 Å². The van der Waals surface area contributed by atoms with Crippen molar-refractivity contribution in [2.24, 2.45) is 0 Å². The Morgan fingerprint density at radius 3 is 2.71 bits per heavy atom. The predicted octanol–water partition coefficient (Wildman–Crippen LogP) is 1.77. The zero-order valence-electron chi connectivity index (χ0n) is 9.64. The Morgan fingerprint density at radius 2 is 2.12 bits per heavy atom. The molecule has 0 aromatic heterocycles. The number of carboxylic acid groups (broad SMARTS) is 1. The monoisotopic (exact) mass is 233 g/mol. The van der Waals surface area contributed by atoms with E-state index in [0.717, 1.165) is 0 Å². The van der Waals surface area contributed by atoms with Crippen LogP contribution in [0.15, 0.2) is 24.3 Å². The lowest BCUT2D eigenvalue weighted by atomic mass is 10.1.